The predicted octanol–water partition coefficient (Wildman–Crippen LogP) is 2.51. The van der Waals surface area contributed by atoms with Crippen LogP contribution in [0.15, 0.2) is 33.5 Å². The van der Waals surface area contributed by atoms with E-state index in [1.54, 1.807) is 0 Å². The average molecular weight is 291 g/mol. The first-order valence-electron chi connectivity index (χ1n) is 6.28. The van der Waals surface area contributed by atoms with Gasteiger partial charge in [0.2, 0.25) is 5.76 Å². The number of ether oxygens (including phenoxy) is 1. The van der Waals surface area contributed by atoms with Gasteiger partial charge in [0.25, 0.3) is 5.69 Å². The summed E-state index contributed by atoms with van der Waals surface area (Å²) in [6.07, 6.45) is 0. The molecule has 2 rings (SSSR count). The van der Waals surface area contributed by atoms with Crippen LogP contribution in [0.4, 0.5) is 5.69 Å². The number of carbonyl (C=O) groups excluding carboxylic acids is 1. The number of nitro benzene ring substituents is 1. The number of benzene rings is 1. The summed E-state index contributed by atoms with van der Waals surface area (Å²) in [5.41, 5.74) is -0.647. The minimum atomic E-state index is -0.735. The lowest BCUT2D eigenvalue weighted by atomic mass is 10.2. The zero-order valence-electron chi connectivity index (χ0n) is 11.5. The van der Waals surface area contributed by atoms with Crippen molar-refractivity contribution in [1.82, 2.24) is 0 Å². The Labute approximate surface area is 119 Å². The number of hydrogen-bond donors (Lipinski definition) is 0. The van der Waals surface area contributed by atoms with E-state index < -0.39 is 16.3 Å². The number of hydrogen-bond acceptors (Lipinski definition) is 6. The Morgan fingerprint density at radius 2 is 2.10 bits per heavy atom. The van der Waals surface area contributed by atoms with Crippen molar-refractivity contribution in [2.75, 3.05) is 6.61 Å². The number of nitro groups is 1. The third-order valence-electron chi connectivity index (χ3n) is 2.67. The molecule has 110 valence electrons. The fourth-order valence-electron chi connectivity index (χ4n) is 1.67. The maximum Gasteiger partial charge on any atom is 0.374 e. The summed E-state index contributed by atoms with van der Waals surface area (Å²) in [5.74, 6) is -0.799. The van der Waals surface area contributed by atoms with Crippen LogP contribution in [0.2, 0.25) is 0 Å². The molecule has 0 unspecified atom stereocenters. The lowest BCUT2D eigenvalue weighted by Crippen LogP contribution is -2.13. The van der Waals surface area contributed by atoms with Gasteiger partial charge in [-0.25, -0.2) is 4.79 Å². The SMILES string of the molecule is CC(C)COC(=O)c1cc(=O)c2cc([N+](=O)[O-])ccc2o1. The Hall–Kier alpha value is -2.70. The summed E-state index contributed by atoms with van der Waals surface area (Å²) in [6.45, 7) is 3.97. The van der Waals surface area contributed by atoms with Crippen molar-refractivity contribution in [3.8, 4) is 0 Å². The molecule has 1 aromatic carbocycles. The van der Waals surface area contributed by atoms with Crippen LogP contribution in [-0.2, 0) is 4.74 Å². The lowest BCUT2D eigenvalue weighted by molar-refractivity contribution is -0.384. The fraction of sp³-hybridized carbons (Fsp3) is 0.286. The van der Waals surface area contributed by atoms with Crippen LogP contribution in [0.3, 0.4) is 0 Å². The third-order valence-corrected chi connectivity index (χ3v) is 2.67. The predicted molar refractivity (Wildman–Crippen MR) is 74.3 cm³/mol. The van der Waals surface area contributed by atoms with Gasteiger partial charge in [0.15, 0.2) is 5.43 Å². The summed E-state index contributed by atoms with van der Waals surface area (Å²) >= 11 is 0. The number of non-ortho nitro benzene ring substituents is 1. The highest BCUT2D eigenvalue weighted by atomic mass is 16.6. The molecular weight excluding hydrogens is 278 g/mol. The van der Waals surface area contributed by atoms with Crippen molar-refractivity contribution >= 4 is 22.6 Å². The van der Waals surface area contributed by atoms with Gasteiger partial charge < -0.3 is 9.15 Å². The minimum absolute atomic E-state index is 0.0459. The smallest absolute Gasteiger partial charge is 0.374 e. The van der Waals surface area contributed by atoms with E-state index in [1.807, 2.05) is 13.8 Å². The van der Waals surface area contributed by atoms with Gasteiger partial charge in [0, 0.05) is 18.2 Å². The molecule has 2 aromatic rings. The normalized spacial score (nSPS) is 10.8. The first kappa shape index (κ1) is 14.7. The average Bonchev–Trinajstić information content (AvgIpc) is 2.44. The number of esters is 1. The third kappa shape index (κ3) is 3.25. The van der Waals surface area contributed by atoms with Crippen LogP contribution in [0.5, 0.6) is 0 Å². The van der Waals surface area contributed by atoms with E-state index in [0.29, 0.717) is 0 Å². The van der Waals surface area contributed by atoms with Crippen LogP contribution < -0.4 is 5.43 Å². The monoisotopic (exact) mass is 291 g/mol. The van der Waals surface area contributed by atoms with E-state index in [9.17, 15) is 19.7 Å². The molecular formula is C14H13NO6. The van der Waals surface area contributed by atoms with Crippen LogP contribution in [0.1, 0.15) is 24.4 Å². The lowest BCUT2D eigenvalue weighted by Gasteiger charge is -2.06. The molecule has 7 heteroatoms. The van der Waals surface area contributed by atoms with E-state index in [1.165, 1.54) is 12.1 Å². The van der Waals surface area contributed by atoms with Crippen molar-refractivity contribution in [3.05, 3.63) is 50.4 Å². The van der Waals surface area contributed by atoms with Gasteiger partial charge in [-0.05, 0) is 12.0 Å². The number of carbonyl (C=O) groups is 1. The van der Waals surface area contributed by atoms with Gasteiger partial charge >= 0.3 is 5.97 Å². The molecule has 21 heavy (non-hydrogen) atoms. The van der Waals surface area contributed by atoms with Crippen LogP contribution in [0, 0.1) is 16.0 Å². The standard InChI is InChI=1S/C14H13NO6/c1-8(2)7-20-14(17)13-6-11(16)10-5-9(15(18)19)3-4-12(10)21-13/h3-6,8H,7H2,1-2H3. The molecule has 0 radical (unpaired) electrons. The van der Waals surface area contributed by atoms with Crippen LogP contribution in [-0.4, -0.2) is 17.5 Å². The Kier molecular flexibility index (Phi) is 4.02. The molecule has 0 saturated heterocycles. The molecule has 0 aliphatic carbocycles. The summed E-state index contributed by atoms with van der Waals surface area (Å²) in [4.78, 5) is 33.8. The summed E-state index contributed by atoms with van der Waals surface area (Å²) in [6, 6.07) is 4.59. The summed E-state index contributed by atoms with van der Waals surface area (Å²) in [5, 5.41) is 10.7. The molecule has 1 heterocycles. The second kappa shape index (κ2) is 5.74. The topological polar surface area (TPSA) is 99.7 Å². The van der Waals surface area contributed by atoms with Gasteiger partial charge in [0.05, 0.1) is 16.9 Å². The largest absolute Gasteiger partial charge is 0.460 e. The maximum absolute atomic E-state index is 11.9. The Balaban J connectivity index is 2.41. The van der Waals surface area contributed by atoms with Gasteiger partial charge in [0.1, 0.15) is 5.58 Å². The minimum Gasteiger partial charge on any atom is -0.460 e. The molecule has 7 nitrogen and oxygen atoms in total. The van der Waals surface area contributed by atoms with Gasteiger partial charge in [-0.2, -0.15) is 0 Å². The molecule has 0 saturated carbocycles. The number of rotatable bonds is 4. The first-order valence-corrected chi connectivity index (χ1v) is 6.28. The Morgan fingerprint density at radius 3 is 2.71 bits per heavy atom. The van der Waals surface area contributed by atoms with E-state index >= 15 is 0 Å². The first-order chi connectivity index (χ1) is 9.88. The number of nitrogens with zero attached hydrogens (tertiary/aromatic N) is 1. The van der Waals surface area contributed by atoms with E-state index in [0.717, 1.165) is 12.1 Å². The quantitative estimate of drug-likeness (QED) is 0.487. The molecule has 0 N–H and O–H groups in total. The van der Waals surface area contributed by atoms with Gasteiger partial charge in [-0.1, -0.05) is 13.8 Å². The zero-order chi connectivity index (χ0) is 15.6. The highest BCUT2D eigenvalue weighted by molar-refractivity contribution is 5.89. The molecule has 0 bridgehead atoms. The number of fused-ring (bicyclic) bond motifs is 1. The highest BCUT2D eigenvalue weighted by Crippen LogP contribution is 2.19. The molecule has 0 fully saturated rings. The zero-order valence-corrected chi connectivity index (χ0v) is 11.5. The molecule has 0 amide bonds. The molecule has 0 aliphatic heterocycles. The molecule has 0 atom stereocenters. The van der Waals surface area contributed by atoms with Crippen molar-refractivity contribution in [1.29, 1.82) is 0 Å². The van der Waals surface area contributed by atoms with Crippen molar-refractivity contribution in [2.45, 2.75) is 13.8 Å². The van der Waals surface area contributed by atoms with Gasteiger partial charge in [-0.3, -0.25) is 14.9 Å². The summed E-state index contributed by atoms with van der Waals surface area (Å²) < 4.78 is 10.2. The van der Waals surface area contributed by atoms with Gasteiger partial charge in [-0.15, -0.1) is 0 Å². The van der Waals surface area contributed by atoms with E-state index in [2.05, 4.69) is 0 Å². The maximum atomic E-state index is 11.9. The van der Waals surface area contributed by atoms with Crippen molar-refractivity contribution < 1.29 is 18.9 Å². The van der Waals surface area contributed by atoms with Crippen LogP contribution >= 0.6 is 0 Å². The van der Waals surface area contributed by atoms with E-state index in [4.69, 9.17) is 9.15 Å². The molecule has 0 spiro atoms. The second-order valence-electron chi connectivity index (χ2n) is 4.90. The van der Waals surface area contributed by atoms with E-state index in [-0.39, 0.29) is 34.9 Å². The van der Waals surface area contributed by atoms with Crippen LogP contribution in [0.25, 0.3) is 11.0 Å². The Morgan fingerprint density at radius 1 is 1.38 bits per heavy atom. The van der Waals surface area contributed by atoms with Crippen molar-refractivity contribution in [3.63, 3.8) is 0 Å². The summed E-state index contributed by atoms with van der Waals surface area (Å²) in [7, 11) is 0. The Bertz CT molecular complexity index is 762. The molecule has 1 aromatic heterocycles. The highest BCUT2D eigenvalue weighted by Gasteiger charge is 2.16. The van der Waals surface area contributed by atoms with Crippen molar-refractivity contribution in [2.24, 2.45) is 5.92 Å². The molecule has 0 aliphatic rings. The fourth-order valence-corrected chi connectivity index (χ4v) is 1.67. The second-order valence-corrected chi connectivity index (χ2v) is 4.90.